The highest BCUT2D eigenvalue weighted by molar-refractivity contribution is 5.61. The van der Waals surface area contributed by atoms with E-state index in [2.05, 4.69) is 9.47 Å². The third-order valence-electron chi connectivity index (χ3n) is 1.98. The number of nitrogens with zero attached hydrogens (tertiary/aromatic N) is 1. The molecule has 0 radical (unpaired) electrons. The third kappa shape index (κ3) is 8.87. The van der Waals surface area contributed by atoms with Gasteiger partial charge < -0.3 is 24.8 Å². The fraction of sp³-hybridized carbons (Fsp3) is 0.900. The molecule has 0 aliphatic carbocycles. The van der Waals surface area contributed by atoms with Crippen molar-refractivity contribution < 1.29 is 29.6 Å². The van der Waals surface area contributed by atoms with E-state index < -0.39 is 6.16 Å². The minimum atomic E-state index is -0.549. The molecule has 17 heavy (non-hydrogen) atoms. The highest BCUT2D eigenvalue weighted by atomic mass is 16.8. The average molecular weight is 251 g/mol. The van der Waals surface area contributed by atoms with E-state index in [0.29, 0.717) is 26.2 Å². The first kappa shape index (κ1) is 16.1. The predicted molar refractivity (Wildman–Crippen MR) is 59.6 cm³/mol. The molecular weight excluding hydrogens is 230 g/mol. The van der Waals surface area contributed by atoms with Gasteiger partial charge >= 0.3 is 6.16 Å². The molecule has 1 saturated heterocycles. The number of ether oxygens (including phenoxy) is 2. The summed E-state index contributed by atoms with van der Waals surface area (Å²) in [7, 11) is 0. The first-order valence-electron chi connectivity index (χ1n) is 5.52. The molecule has 1 unspecified atom stereocenters. The van der Waals surface area contributed by atoms with Crippen molar-refractivity contribution in [2.75, 3.05) is 46.1 Å². The van der Waals surface area contributed by atoms with Gasteiger partial charge in [0.25, 0.3) is 0 Å². The van der Waals surface area contributed by atoms with E-state index in [1.807, 2.05) is 0 Å². The average Bonchev–Trinajstić information content (AvgIpc) is 2.65. The molecule has 1 aliphatic heterocycles. The van der Waals surface area contributed by atoms with Gasteiger partial charge in [-0.15, -0.1) is 0 Å². The first-order valence-corrected chi connectivity index (χ1v) is 5.52. The van der Waals surface area contributed by atoms with Crippen LogP contribution in [0.15, 0.2) is 0 Å². The molecule has 0 saturated carbocycles. The van der Waals surface area contributed by atoms with Gasteiger partial charge in [0.1, 0.15) is 12.7 Å². The minimum absolute atomic E-state index is 0.0486. The number of aliphatic hydroxyl groups excluding tert-OH is 3. The normalized spacial score (nSPS) is 18.4. The molecule has 0 aromatic heterocycles. The van der Waals surface area contributed by atoms with Gasteiger partial charge in [-0.3, -0.25) is 4.90 Å². The highest BCUT2D eigenvalue weighted by Crippen LogP contribution is 2.02. The Labute approximate surface area is 101 Å². The van der Waals surface area contributed by atoms with E-state index in [9.17, 15) is 4.79 Å². The van der Waals surface area contributed by atoms with Gasteiger partial charge in [0.15, 0.2) is 0 Å². The van der Waals surface area contributed by atoms with Crippen LogP contribution in [0.4, 0.5) is 4.79 Å². The summed E-state index contributed by atoms with van der Waals surface area (Å²) in [5, 5.41) is 25.5. The van der Waals surface area contributed by atoms with Gasteiger partial charge in [0, 0.05) is 19.6 Å². The summed E-state index contributed by atoms with van der Waals surface area (Å²) in [6.07, 6.45) is -0.597. The fourth-order valence-corrected chi connectivity index (χ4v) is 1.18. The van der Waals surface area contributed by atoms with Gasteiger partial charge in [-0.1, -0.05) is 0 Å². The Balaban J connectivity index is 0.000000318. The molecule has 102 valence electrons. The van der Waals surface area contributed by atoms with Crippen molar-refractivity contribution in [1.29, 1.82) is 0 Å². The van der Waals surface area contributed by atoms with E-state index in [4.69, 9.17) is 15.3 Å². The minimum Gasteiger partial charge on any atom is -0.430 e. The Bertz CT molecular complexity index is 187. The van der Waals surface area contributed by atoms with Crippen molar-refractivity contribution in [2.45, 2.75) is 13.0 Å². The molecular formula is C10H21NO6. The molecule has 7 nitrogen and oxygen atoms in total. The Kier molecular flexibility index (Phi) is 9.74. The second-order valence-corrected chi connectivity index (χ2v) is 3.50. The van der Waals surface area contributed by atoms with Crippen molar-refractivity contribution in [3.63, 3.8) is 0 Å². The standard InChI is InChI=1S/C6H15NO3.C4H6O3/c8-4-1-7(2-5-9)3-6-10;1-3-2-6-4(5)7-3/h8-10H,1-6H2;3H,2H2,1H3. The van der Waals surface area contributed by atoms with E-state index in [-0.39, 0.29) is 25.9 Å². The molecule has 1 atom stereocenters. The number of hydrogen-bond donors (Lipinski definition) is 3. The van der Waals surface area contributed by atoms with Gasteiger partial charge in [0.05, 0.1) is 19.8 Å². The monoisotopic (exact) mass is 251 g/mol. The predicted octanol–water partition coefficient (Wildman–Crippen LogP) is -1.19. The second-order valence-electron chi connectivity index (χ2n) is 3.50. The second kappa shape index (κ2) is 10.3. The lowest BCUT2D eigenvalue weighted by Crippen LogP contribution is -2.32. The zero-order valence-corrected chi connectivity index (χ0v) is 10.0. The number of hydrogen-bond acceptors (Lipinski definition) is 7. The third-order valence-corrected chi connectivity index (χ3v) is 1.98. The van der Waals surface area contributed by atoms with Crippen LogP contribution in [0.2, 0.25) is 0 Å². The van der Waals surface area contributed by atoms with Crippen LogP contribution in [0, 0.1) is 0 Å². The maximum Gasteiger partial charge on any atom is 0.508 e. The number of cyclic esters (lactones) is 2. The Morgan fingerprint density at radius 3 is 1.82 bits per heavy atom. The molecule has 7 heteroatoms. The van der Waals surface area contributed by atoms with Crippen LogP contribution in [-0.4, -0.2) is 78.5 Å². The lowest BCUT2D eigenvalue weighted by Gasteiger charge is -2.17. The zero-order chi connectivity index (χ0) is 13.1. The Hall–Kier alpha value is -0.890. The van der Waals surface area contributed by atoms with Crippen LogP contribution in [0.1, 0.15) is 6.92 Å². The number of carbonyl (C=O) groups is 1. The van der Waals surface area contributed by atoms with Gasteiger partial charge in [0.2, 0.25) is 0 Å². The lowest BCUT2D eigenvalue weighted by atomic mass is 10.4. The summed E-state index contributed by atoms with van der Waals surface area (Å²) in [6, 6.07) is 0. The summed E-state index contributed by atoms with van der Waals surface area (Å²) in [5.41, 5.74) is 0. The van der Waals surface area contributed by atoms with Crippen LogP contribution >= 0.6 is 0 Å². The maximum atomic E-state index is 10.0. The van der Waals surface area contributed by atoms with E-state index in [0.717, 1.165) is 0 Å². The molecule has 0 amide bonds. The summed E-state index contributed by atoms with van der Waals surface area (Å²) >= 11 is 0. The smallest absolute Gasteiger partial charge is 0.430 e. The molecule has 0 bridgehead atoms. The van der Waals surface area contributed by atoms with Gasteiger partial charge in [-0.25, -0.2) is 4.79 Å². The zero-order valence-electron chi connectivity index (χ0n) is 10.0. The van der Waals surface area contributed by atoms with Crippen molar-refractivity contribution >= 4 is 6.16 Å². The molecule has 1 aliphatic rings. The Morgan fingerprint density at radius 2 is 1.65 bits per heavy atom. The van der Waals surface area contributed by atoms with Gasteiger partial charge in [-0.2, -0.15) is 0 Å². The largest absolute Gasteiger partial charge is 0.508 e. The molecule has 3 N–H and O–H groups in total. The van der Waals surface area contributed by atoms with Crippen molar-refractivity contribution in [1.82, 2.24) is 4.90 Å². The van der Waals surface area contributed by atoms with Crippen LogP contribution in [0.3, 0.4) is 0 Å². The number of rotatable bonds is 6. The summed E-state index contributed by atoms with van der Waals surface area (Å²) < 4.78 is 8.90. The summed E-state index contributed by atoms with van der Waals surface area (Å²) in [5.74, 6) is 0. The molecule has 1 heterocycles. The molecule has 0 aromatic rings. The van der Waals surface area contributed by atoms with E-state index in [1.54, 1.807) is 11.8 Å². The molecule has 0 aromatic carbocycles. The highest BCUT2D eigenvalue weighted by Gasteiger charge is 2.19. The van der Waals surface area contributed by atoms with Crippen LogP contribution in [0.25, 0.3) is 0 Å². The quantitative estimate of drug-likeness (QED) is 0.510. The van der Waals surface area contributed by atoms with E-state index >= 15 is 0 Å². The van der Waals surface area contributed by atoms with Crippen LogP contribution < -0.4 is 0 Å². The van der Waals surface area contributed by atoms with Gasteiger partial charge in [-0.05, 0) is 6.92 Å². The molecule has 1 rings (SSSR count). The first-order chi connectivity index (χ1) is 8.13. The van der Waals surface area contributed by atoms with Crippen molar-refractivity contribution in [3.05, 3.63) is 0 Å². The number of aliphatic hydroxyl groups is 3. The lowest BCUT2D eigenvalue weighted by molar-refractivity contribution is 0.121. The SMILES string of the molecule is CC1COC(=O)O1.OCCN(CCO)CCO. The summed E-state index contributed by atoms with van der Waals surface area (Å²) in [6.45, 7) is 3.94. The van der Waals surface area contributed by atoms with Crippen molar-refractivity contribution in [3.8, 4) is 0 Å². The Morgan fingerprint density at radius 1 is 1.18 bits per heavy atom. The summed E-state index contributed by atoms with van der Waals surface area (Å²) in [4.78, 5) is 11.8. The topological polar surface area (TPSA) is 99.5 Å². The number of carbonyl (C=O) groups excluding carboxylic acids is 1. The van der Waals surface area contributed by atoms with Crippen molar-refractivity contribution in [2.24, 2.45) is 0 Å². The van der Waals surface area contributed by atoms with E-state index in [1.165, 1.54) is 0 Å². The molecule has 1 fully saturated rings. The van der Waals surface area contributed by atoms with Crippen LogP contribution in [-0.2, 0) is 9.47 Å². The molecule has 0 spiro atoms. The fourth-order valence-electron chi connectivity index (χ4n) is 1.18. The van der Waals surface area contributed by atoms with Crippen LogP contribution in [0.5, 0.6) is 0 Å². The maximum absolute atomic E-state index is 10.0.